The summed E-state index contributed by atoms with van der Waals surface area (Å²) in [6, 6.07) is 7.13. The third kappa shape index (κ3) is 5.85. The predicted octanol–water partition coefficient (Wildman–Crippen LogP) is 3.03. The molecule has 11 heteroatoms. The minimum absolute atomic E-state index is 0.140. The highest BCUT2D eigenvalue weighted by Gasteiger charge is 2.28. The van der Waals surface area contributed by atoms with Crippen molar-refractivity contribution < 1.29 is 27.4 Å². The predicted molar refractivity (Wildman–Crippen MR) is 128 cm³/mol. The lowest BCUT2D eigenvalue weighted by atomic mass is 9.88. The number of benzene rings is 1. The number of rotatable bonds is 8. The van der Waals surface area contributed by atoms with Crippen LogP contribution in [0.2, 0.25) is 0 Å². The van der Waals surface area contributed by atoms with Crippen molar-refractivity contribution >= 4 is 15.9 Å². The van der Waals surface area contributed by atoms with E-state index in [4.69, 9.17) is 4.74 Å². The van der Waals surface area contributed by atoms with Crippen LogP contribution in [0.5, 0.6) is 5.88 Å². The fourth-order valence-electron chi connectivity index (χ4n) is 3.72. The van der Waals surface area contributed by atoms with Gasteiger partial charge in [-0.2, -0.15) is 13.5 Å². The van der Waals surface area contributed by atoms with E-state index in [1.807, 2.05) is 13.8 Å². The van der Waals surface area contributed by atoms with Gasteiger partial charge in [-0.3, -0.25) is 9.48 Å². The van der Waals surface area contributed by atoms with Crippen molar-refractivity contribution in [3.8, 4) is 17.0 Å². The summed E-state index contributed by atoms with van der Waals surface area (Å²) >= 11 is 0. The van der Waals surface area contributed by atoms with E-state index in [-0.39, 0.29) is 23.1 Å². The number of amides is 1. The first-order valence-corrected chi connectivity index (χ1v) is 12.4. The Kier molecular flexibility index (Phi) is 7.32. The van der Waals surface area contributed by atoms with E-state index in [1.54, 1.807) is 12.1 Å². The number of carbonyl (C=O) groups is 1. The number of carbonyl (C=O) groups excluding carboxylic acids is 1. The van der Waals surface area contributed by atoms with Crippen LogP contribution >= 0.6 is 0 Å². The fourth-order valence-corrected chi connectivity index (χ4v) is 4.85. The topological polar surface area (TPSA) is 123 Å². The average Bonchev–Trinajstić information content (AvgIpc) is 3.17. The van der Waals surface area contributed by atoms with Crippen LogP contribution in [0.15, 0.2) is 41.6 Å². The van der Waals surface area contributed by atoms with E-state index in [0.717, 1.165) is 4.68 Å². The van der Waals surface area contributed by atoms with E-state index in [2.05, 4.69) is 14.8 Å². The monoisotopic (exact) mass is 504 g/mol. The molecule has 1 aromatic carbocycles. The quantitative estimate of drug-likeness (QED) is 0.483. The zero-order valence-electron chi connectivity index (χ0n) is 20.5. The van der Waals surface area contributed by atoms with Gasteiger partial charge in [-0.15, -0.1) is 0 Å². The van der Waals surface area contributed by atoms with Crippen LogP contribution in [-0.2, 0) is 33.9 Å². The van der Waals surface area contributed by atoms with Gasteiger partial charge in [0.15, 0.2) is 5.03 Å². The molecule has 188 valence electrons. The molecule has 3 aromatic rings. The summed E-state index contributed by atoms with van der Waals surface area (Å²) < 4.78 is 48.7. The number of methoxy groups -OCH3 is 1. The highest BCUT2D eigenvalue weighted by molar-refractivity contribution is 7.90. The molecule has 2 N–H and O–H groups in total. The Labute approximate surface area is 204 Å². The van der Waals surface area contributed by atoms with E-state index in [1.165, 1.54) is 52.4 Å². The lowest BCUT2D eigenvalue weighted by Gasteiger charge is -2.18. The maximum Gasteiger partial charge on any atom is 0.281 e. The van der Waals surface area contributed by atoms with Crippen molar-refractivity contribution in [1.29, 1.82) is 0 Å². The maximum atomic E-state index is 14.5. The average molecular weight is 505 g/mol. The second-order valence-corrected chi connectivity index (χ2v) is 10.6. The van der Waals surface area contributed by atoms with E-state index >= 15 is 0 Å². The number of nitrogens with zero attached hydrogens (tertiary/aromatic N) is 3. The summed E-state index contributed by atoms with van der Waals surface area (Å²) in [6.45, 7) is 6.67. The summed E-state index contributed by atoms with van der Waals surface area (Å²) in [5.74, 6) is -1.11. The zero-order valence-corrected chi connectivity index (χ0v) is 21.3. The molecule has 9 nitrogen and oxygen atoms in total. The molecule has 0 radical (unpaired) electrons. The van der Waals surface area contributed by atoms with E-state index in [9.17, 15) is 22.7 Å². The molecular formula is C24H29FN4O5S. The molecule has 0 aliphatic rings. The van der Waals surface area contributed by atoms with E-state index in [0.29, 0.717) is 28.1 Å². The Bertz CT molecular complexity index is 1360. The third-order valence-electron chi connectivity index (χ3n) is 5.45. The van der Waals surface area contributed by atoms with Crippen LogP contribution in [-0.4, -0.2) is 41.3 Å². The van der Waals surface area contributed by atoms with Crippen molar-refractivity contribution in [2.24, 2.45) is 7.05 Å². The molecule has 2 heterocycles. The van der Waals surface area contributed by atoms with Crippen molar-refractivity contribution in [3.63, 3.8) is 0 Å². The van der Waals surface area contributed by atoms with Crippen LogP contribution < -0.4 is 9.46 Å². The number of hydrogen-bond donors (Lipinski definition) is 2. The number of sulfonamides is 1. The zero-order chi connectivity index (χ0) is 26.1. The number of pyridine rings is 1. The number of aliphatic hydroxyl groups is 1. The van der Waals surface area contributed by atoms with Gasteiger partial charge in [0.2, 0.25) is 11.8 Å². The number of nitrogens with one attached hydrogen (secondary N) is 1. The molecule has 3 rings (SSSR count). The number of halogens is 1. The summed E-state index contributed by atoms with van der Waals surface area (Å²) in [5.41, 5.74) is 0.855. The Morgan fingerprint density at radius 2 is 1.94 bits per heavy atom. The molecule has 0 atom stereocenters. The second-order valence-electron chi connectivity index (χ2n) is 9.02. The molecule has 0 saturated carbocycles. The van der Waals surface area contributed by atoms with Gasteiger partial charge < -0.3 is 9.84 Å². The van der Waals surface area contributed by atoms with Gasteiger partial charge in [-0.05, 0) is 60.2 Å². The lowest BCUT2D eigenvalue weighted by molar-refractivity contribution is -0.118. The smallest absolute Gasteiger partial charge is 0.281 e. The maximum absolute atomic E-state index is 14.5. The molecule has 0 saturated heterocycles. The van der Waals surface area contributed by atoms with Crippen molar-refractivity contribution in [1.82, 2.24) is 19.5 Å². The molecule has 0 unspecified atom stereocenters. The van der Waals surface area contributed by atoms with E-state index < -0.39 is 27.3 Å². The lowest BCUT2D eigenvalue weighted by Crippen LogP contribution is -2.33. The largest absolute Gasteiger partial charge is 0.481 e. The van der Waals surface area contributed by atoms with Gasteiger partial charge in [-0.1, -0.05) is 13.8 Å². The van der Waals surface area contributed by atoms with Crippen LogP contribution in [0.25, 0.3) is 11.1 Å². The van der Waals surface area contributed by atoms with Gasteiger partial charge >= 0.3 is 0 Å². The molecule has 0 aliphatic carbocycles. The first kappa shape index (κ1) is 26.3. The number of hydrogen-bond acceptors (Lipinski definition) is 7. The van der Waals surface area contributed by atoms with Crippen LogP contribution in [0.3, 0.4) is 0 Å². The fraction of sp³-hybridized carbons (Fsp3) is 0.375. The van der Waals surface area contributed by atoms with Crippen molar-refractivity contribution in [2.45, 2.75) is 50.7 Å². The molecule has 1 amide bonds. The minimum atomic E-state index is -4.29. The van der Waals surface area contributed by atoms with Crippen LogP contribution in [0, 0.1) is 5.82 Å². The number of aromatic nitrogens is 3. The van der Waals surface area contributed by atoms with Crippen molar-refractivity contribution in [3.05, 3.63) is 59.2 Å². The standard InChI is InChI=1S/C24H29FN4O5S/c1-14(2)17-10-16(25)11-18(15-7-8-26-22(9-15)34-6)19(17)12-21(30)28-35(32,33)23-13-20(24(3,4)31)27-29(23)5/h7-11,13-14,31H,12H2,1-6H3,(H,28,30). The Morgan fingerprint density at radius 3 is 2.51 bits per heavy atom. The molecule has 35 heavy (non-hydrogen) atoms. The summed E-state index contributed by atoms with van der Waals surface area (Å²) in [4.78, 5) is 17.0. The first-order valence-electron chi connectivity index (χ1n) is 10.9. The van der Waals surface area contributed by atoms with Crippen molar-refractivity contribution in [2.75, 3.05) is 7.11 Å². The Balaban J connectivity index is 2.00. The normalized spacial score (nSPS) is 12.1. The molecule has 0 spiro atoms. The van der Waals surface area contributed by atoms with Gasteiger partial charge in [-0.25, -0.2) is 14.1 Å². The van der Waals surface area contributed by atoms with Crippen LogP contribution in [0.4, 0.5) is 4.39 Å². The molecule has 0 bridgehead atoms. The molecule has 0 fully saturated rings. The summed E-state index contributed by atoms with van der Waals surface area (Å²) in [7, 11) is -1.43. The van der Waals surface area contributed by atoms with Gasteiger partial charge in [0.25, 0.3) is 10.0 Å². The highest BCUT2D eigenvalue weighted by Crippen LogP contribution is 2.33. The second kappa shape index (κ2) is 9.74. The number of aryl methyl sites for hydroxylation is 1. The summed E-state index contributed by atoms with van der Waals surface area (Å²) in [5, 5.41) is 13.9. The highest BCUT2D eigenvalue weighted by atomic mass is 32.2. The Hall–Kier alpha value is -3.31. The SMILES string of the molecule is COc1cc(-c2cc(F)cc(C(C)C)c2CC(=O)NS(=O)(=O)c2cc(C(C)(C)O)nn2C)ccn1. The molecule has 0 aliphatic heterocycles. The first-order chi connectivity index (χ1) is 16.2. The number of ether oxygens (including phenoxy) is 1. The third-order valence-corrected chi connectivity index (χ3v) is 6.88. The minimum Gasteiger partial charge on any atom is -0.481 e. The molecular weight excluding hydrogens is 475 g/mol. The van der Waals surface area contributed by atoms with Crippen LogP contribution in [0.1, 0.15) is 50.4 Å². The van der Waals surface area contributed by atoms with Gasteiger partial charge in [0, 0.05) is 25.4 Å². The van der Waals surface area contributed by atoms with Gasteiger partial charge in [0.1, 0.15) is 11.4 Å². The van der Waals surface area contributed by atoms with Gasteiger partial charge in [0.05, 0.1) is 19.2 Å². The summed E-state index contributed by atoms with van der Waals surface area (Å²) in [6.07, 6.45) is 1.19. The molecule has 2 aromatic heterocycles. The Morgan fingerprint density at radius 1 is 1.26 bits per heavy atom.